The molecule has 0 saturated carbocycles. The first-order valence-electron chi connectivity index (χ1n) is 5.68. The van der Waals surface area contributed by atoms with Crippen LogP contribution in [-0.4, -0.2) is 0 Å². The molecule has 0 radical (unpaired) electrons. The number of hydrogen-bond donors (Lipinski definition) is 0. The van der Waals surface area contributed by atoms with Gasteiger partial charge in [-0.05, 0) is 58.4 Å². The predicted octanol–water partition coefficient (Wildman–Crippen LogP) is 4.79. The summed E-state index contributed by atoms with van der Waals surface area (Å²) in [6, 6.07) is 0. The smallest absolute Gasteiger partial charge is 0.0277 e. The molecule has 0 amide bonds. The van der Waals surface area contributed by atoms with Crippen LogP contribution in [0.25, 0.3) is 0 Å². The van der Waals surface area contributed by atoms with Crippen molar-refractivity contribution in [1.29, 1.82) is 0 Å². The average molecular weight is 190 g/mol. The van der Waals surface area contributed by atoms with Crippen LogP contribution in [0.2, 0.25) is 0 Å². The Morgan fingerprint density at radius 3 is 2.71 bits per heavy atom. The van der Waals surface area contributed by atoms with E-state index in [1.165, 1.54) is 37.7 Å². The highest BCUT2D eigenvalue weighted by Gasteiger charge is 2.02. The fourth-order valence-corrected chi connectivity index (χ4v) is 1.81. The van der Waals surface area contributed by atoms with Gasteiger partial charge in [0.05, 0.1) is 0 Å². The summed E-state index contributed by atoms with van der Waals surface area (Å²) >= 11 is 0. The van der Waals surface area contributed by atoms with E-state index < -0.39 is 0 Å². The van der Waals surface area contributed by atoms with E-state index in [1.807, 2.05) is 0 Å². The molecular weight excluding hydrogens is 168 g/mol. The van der Waals surface area contributed by atoms with Gasteiger partial charge in [0.25, 0.3) is 0 Å². The van der Waals surface area contributed by atoms with E-state index in [1.54, 1.807) is 11.1 Å². The van der Waals surface area contributed by atoms with Crippen molar-refractivity contribution in [1.82, 2.24) is 0 Å². The van der Waals surface area contributed by atoms with Crippen LogP contribution in [0.3, 0.4) is 0 Å². The van der Waals surface area contributed by atoms with Crippen molar-refractivity contribution in [2.45, 2.75) is 52.9 Å². The molecule has 0 aromatic heterocycles. The monoisotopic (exact) mass is 190 g/mol. The van der Waals surface area contributed by atoms with Crippen molar-refractivity contribution in [2.75, 3.05) is 0 Å². The fraction of sp³-hybridized carbons (Fsp3) is 0.571. The summed E-state index contributed by atoms with van der Waals surface area (Å²) in [7, 11) is 0. The summed E-state index contributed by atoms with van der Waals surface area (Å²) in [6.07, 6.45) is 13.3. The third-order valence-corrected chi connectivity index (χ3v) is 2.76. The SMILES string of the molecule is CC(C)=CCCC(C)=C1C=CCCC1. The highest BCUT2D eigenvalue weighted by atomic mass is 14.1. The second-order valence-electron chi connectivity index (χ2n) is 4.42. The standard InChI is InChI=1S/C14H22/c1-12(2)8-7-9-13(3)14-10-5-4-6-11-14/h5,8,10H,4,6-7,9,11H2,1-3H3. The van der Waals surface area contributed by atoms with Crippen LogP contribution in [0.4, 0.5) is 0 Å². The Morgan fingerprint density at radius 1 is 1.36 bits per heavy atom. The zero-order valence-corrected chi connectivity index (χ0v) is 9.77. The molecule has 0 atom stereocenters. The Labute approximate surface area is 88.4 Å². The molecule has 0 saturated heterocycles. The van der Waals surface area contributed by atoms with Gasteiger partial charge in [0.2, 0.25) is 0 Å². The van der Waals surface area contributed by atoms with Gasteiger partial charge in [-0.3, -0.25) is 0 Å². The van der Waals surface area contributed by atoms with Gasteiger partial charge in [0.15, 0.2) is 0 Å². The third kappa shape index (κ3) is 3.95. The van der Waals surface area contributed by atoms with Gasteiger partial charge in [0.1, 0.15) is 0 Å². The number of rotatable bonds is 3. The Kier molecular flexibility index (Phi) is 4.72. The van der Waals surface area contributed by atoms with Gasteiger partial charge in [-0.25, -0.2) is 0 Å². The van der Waals surface area contributed by atoms with Gasteiger partial charge < -0.3 is 0 Å². The largest absolute Gasteiger partial charge is 0.0856 e. The highest BCUT2D eigenvalue weighted by molar-refractivity contribution is 5.26. The summed E-state index contributed by atoms with van der Waals surface area (Å²) in [4.78, 5) is 0. The lowest BCUT2D eigenvalue weighted by Gasteiger charge is -2.11. The first-order chi connectivity index (χ1) is 6.70. The lowest BCUT2D eigenvalue weighted by molar-refractivity contribution is 0.799. The summed E-state index contributed by atoms with van der Waals surface area (Å²) < 4.78 is 0. The van der Waals surface area contributed by atoms with Crippen molar-refractivity contribution < 1.29 is 0 Å². The summed E-state index contributed by atoms with van der Waals surface area (Å²) in [5, 5.41) is 0. The van der Waals surface area contributed by atoms with Crippen molar-refractivity contribution in [2.24, 2.45) is 0 Å². The predicted molar refractivity (Wildman–Crippen MR) is 64.4 cm³/mol. The van der Waals surface area contributed by atoms with Crippen molar-refractivity contribution in [3.05, 3.63) is 34.9 Å². The van der Waals surface area contributed by atoms with E-state index in [0.29, 0.717) is 0 Å². The van der Waals surface area contributed by atoms with Gasteiger partial charge in [-0.2, -0.15) is 0 Å². The first kappa shape index (κ1) is 11.3. The van der Waals surface area contributed by atoms with E-state index in [-0.39, 0.29) is 0 Å². The minimum absolute atomic E-state index is 1.20. The third-order valence-electron chi connectivity index (χ3n) is 2.76. The topological polar surface area (TPSA) is 0 Å². The second kappa shape index (κ2) is 5.85. The van der Waals surface area contributed by atoms with Crippen LogP contribution in [-0.2, 0) is 0 Å². The minimum Gasteiger partial charge on any atom is -0.0856 e. The molecular formula is C14H22. The molecule has 0 aromatic rings. The van der Waals surface area contributed by atoms with Crippen LogP contribution in [0.5, 0.6) is 0 Å². The molecule has 0 nitrogen and oxygen atoms in total. The molecule has 0 heterocycles. The normalized spacial score (nSPS) is 19.4. The zero-order chi connectivity index (χ0) is 10.4. The molecule has 1 rings (SSSR count). The molecule has 1 aliphatic carbocycles. The molecule has 0 bridgehead atoms. The minimum atomic E-state index is 1.20. The number of allylic oxidation sites excluding steroid dienone is 6. The van der Waals surface area contributed by atoms with E-state index in [9.17, 15) is 0 Å². The van der Waals surface area contributed by atoms with Crippen LogP contribution < -0.4 is 0 Å². The van der Waals surface area contributed by atoms with Crippen LogP contribution in [0.1, 0.15) is 52.9 Å². The second-order valence-corrected chi connectivity index (χ2v) is 4.42. The first-order valence-corrected chi connectivity index (χ1v) is 5.68. The maximum absolute atomic E-state index is 2.33. The van der Waals surface area contributed by atoms with E-state index in [0.717, 1.165) is 0 Å². The van der Waals surface area contributed by atoms with E-state index in [4.69, 9.17) is 0 Å². The fourth-order valence-electron chi connectivity index (χ4n) is 1.81. The molecule has 0 unspecified atom stereocenters. The van der Waals surface area contributed by atoms with Crippen molar-refractivity contribution in [3.8, 4) is 0 Å². The molecule has 14 heavy (non-hydrogen) atoms. The number of hydrogen-bond acceptors (Lipinski definition) is 0. The lowest BCUT2D eigenvalue weighted by Crippen LogP contribution is -1.91. The van der Waals surface area contributed by atoms with Crippen LogP contribution >= 0.6 is 0 Å². The Balaban J connectivity index is 2.47. The quantitative estimate of drug-likeness (QED) is 0.561. The molecule has 0 aromatic carbocycles. The highest BCUT2D eigenvalue weighted by Crippen LogP contribution is 2.22. The average Bonchev–Trinajstić information content (AvgIpc) is 2.18. The summed E-state index contributed by atoms with van der Waals surface area (Å²) in [5.74, 6) is 0. The van der Waals surface area contributed by atoms with Gasteiger partial charge >= 0.3 is 0 Å². The lowest BCUT2D eigenvalue weighted by atomic mass is 9.95. The van der Waals surface area contributed by atoms with Crippen LogP contribution in [0.15, 0.2) is 34.9 Å². The molecule has 0 spiro atoms. The molecule has 78 valence electrons. The zero-order valence-electron chi connectivity index (χ0n) is 9.77. The Hall–Kier alpha value is -0.780. The Morgan fingerprint density at radius 2 is 2.14 bits per heavy atom. The molecule has 0 fully saturated rings. The summed E-state index contributed by atoms with van der Waals surface area (Å²) in [6.45, 7) is 6.62. The van der Waals surface area contributed by atoms with E-state index >= 15 is 0 Å². The van der Waals surface area contributed by atoms with Gasteiger partial charge in [0, 0.05) is 0 Å². The van der Waals surface area contributed by atoms with E-state index in [2.05, 4.69) is 39.0 Å². The van der Waals surface area contributed by atoms with Gasteiger partial charge in [-0.1, -0.05) is 29.4 Å². The molecule has 0 heteroatoms. The molecule has 1 aliphatic rings. The maximum Gasteiger partial charge on any atom is -0.0277 e. The maximum atomic E-state index is 2.33. The van der Waals surface area contributed by atoms with Crippen molar-refractivity contribution >= 4 is 0 Å². The molecule has 0 N–H and O–H groups in total. The van der Waals surface area contributed by atoms with Gasteiger partial charge in [-0.15, -0.1) is 0 Å². The molecule has 0 aliphatic heterocycles. The summed E-state index contributed by atoms with van der Waals surface area (Å²) in [5.41, 5.74) is 4.60. The Bertz CT molecular complexity index is 260. The van der Waals surface area contributed by atoms with Crippen molar-refractivity contribution in [3.63, 3.8) is 0 Å². The van der Waals surface area contributed by atoms with Crippen LogP contribution in [0, 0.1) is 0 Å².